The van der Waals surface area contributed by atoms with Crippen LogP contribution in [-0.2, 0) is 11.2 Å². The number of amides is 1. The molecule has 0 aromatic heterocycles. The lowest BCUT2D eigenvalue weighted by molar-refractivity contribution is -0.130. The van der Waals surface area contributed by atoms with Crippen molar-refractivity contribution in [3.05, 3.63) is 34.9 Å². The van der Waals surface area contributed by atoms with Crippen LogP contribution >= 0.6 is 0 Å². The van der Waals surface area contributed by atoms with E-state index in [0.29, 0.717) is 19.5 Å². The van der Waals surface area contributed by atoms with Gasteiger partial charge in [0.25, 0.3) is 0 Å². The number of nitrogens with zero attached hydrogens (tertiary/aromatic N) is 1. The molecule has 1 aromatic rings. The van der Waals surface area contributed by atoms with Crippen molar-refractivity contribution < 1.29 is 9.90 Å². The molecule has 0 saturated carbocycles. The fourth-order valence-corrected chi connectivity index (χ4v) is 2.59. The van der Waals surface area contributed by atoms with Crippen LogP contribution in [0.25, 0.3) is 0 Å². The summed E-state index contributed by atoms with van der Waals surface area (Å²) in [5.41, 5.74) is 3.71. The zero-order valence-electron chi connectivity index (χ0n) is 11.1. The molecule has 0 spiro atoms. The summed E-state index contributed by atoms with van der Waals surface area (Å²) in [6, 6.07) is 6.42. The van der Waals surface area contributed by atoms with E-state index in [0.717, 1.165) is 12.8 Å². The average molecular weight is 247 g/mol. The van der Waals surface area contributed by atoms with Gasteiger partial charge in [-0.2, -0.15) is 0 Å². The normalized spacial score (nSPS) is 19.3. The molecule has 1 aliphatic heterocycles. The summed E-state index contributed by atoms with van der Waals surface area (Å²) in [6.45, 7) is 5.36. The van der Waals surface area contributed by atoms with E-state index < -0.39 is 0 Å². The van der Waals surface area contributed by atoms with Gasteiger partial charge < -0.3 is 10.0 Å². The first-order valence-corrected chi connectivity index (χ1v) is 6.57. The molecule has 2 rings (SSSR count). The van der Waals surface area contributed by atoms with Crippen molar-refractivity contribution in [2.24, 2.45) is 0 Å². The maximum absolute atomic E-state index is 11.9. The number of hydrogen-bond acceptors (Lipinski definition) is 2. The third-order valence-corrected chi connectivity index (χ3v) is 3.43. The number of carbonyl (C=O) groups is 1. The molecule has 1 fully saturated rings. The lowest BCUT2D eigenvalue weighted by Crippen LogP contribution is -2.29. The number of hydrogen-bond donors (Lipinski definition) is 1. The zero-order chi connectivity index (χ0) is 13.1. The van der Waals surface area contributed by atoms with Gasteiger partial charge >= 0.3 is 0 Å². The maximum atomic E-state index is 11.9. The lowest BCUT2D eigenvalue weighted by atomic mass is 10.0. The van der Waals surface area contributed by atoms with E-state index in [9.17, 15) is 9.90 Å². The van der Waals surface area contributed by atoms with Crippen molar-refractivity contribution in [3.8, 4) is 0 Å². The van der Waals surface area contributed by atoms with Gasteiger partial charge in [-0.15, -0.1) is 0 Å². The highest BCUT2D eigenvalue weighted by molar-refractivity contribution is 5.76. The van der Waals surface area contributed by atoms with Gasteiger partial charge in [0.2, 0.25) is 5.91 Å². The predicted molar refractivity (Wildman–Crippen MR) is 71.4 cm³/mol. The van der Waals surface area contributed by atoms with Crippen LogP contribution in [0.4, 0.5) is 0 Å². The van der Waals surface area contributed by atoms with Crippen molar-refractivity contribution >= 4 is 5.91 Å². The van der Waals surface area contributed by atoms with Crippen molar-refractivity contribution in [2.45, 2.75) is 39.2 Å². The molecule has 0 aliphatic carbocycles. The fraction of sp³-hybridized carbons (Fsp3) is 0.533. The minimum Gasteiger partial charge on any atom is -0.391 e. The highest BCUT2D eigenvalue weighted by Crippen LogP contribution is 2.14. The zero-order valence-corrected chi connectivity index (χ0v) is 11.1. The molecule has 1 atom stereocenters. The molecule has 18 heavy (non-hydrogen) atoms. The second kappa shape index (κ2) is 5.53. The summed E-state index contributed by atoms with van der Waals surface area (Å²) in [4.78, 5) is 13.7. The Hall–Kier alpha value is -1.35. The first-order valence-electron chi connectivity index (χ1n) is 6.57. The Balaban J connectivity index is 1.89. The van der Waals surface area contributed by atoms with Gasteiger partial charge in [-0.05, 0) is 32.3 Å². The molecular weight excluding hydrogens is 226 g/mol. The Morgan fingerprint density at radius 1 is 1.33 bits per heavy atom. The van der Waals surface area contributed by atoms with Crippen molar-refractivity contribution in [2.75, 3.05) is 13.1 Å². The molecule has 98 valence electrons. The molecule has 1 N–H and O–H groups in total. The van der Waals surface area contributed by atoms with E-state index in [2.05, 4.69) is 32.0 Å². The number of aryl methyl sites for hydroxylation is 3. The number of aliphatic hydroxyl groups excluding tert-OH is 1. The number of β-amino-alcohol motifs (C(OH)–C–C–N with tert-alkyl or cyclic N) is 1. The van der Waals surface area contributed by atoms with Gasteiger partial charge in [0.05, 0.1) is 6.10 Å². The van der Waals surface area contributed by atoms with Crippen LogP contribution < -0.4 is 0 Å². The predicted octanol–water partition coefficient (Wildman–Crippen LogP) is 1.83. The molecule has 1 amide bonds. The monoisotopic (exact) mass is 247 g/mol. The van der Waals surface area contributed by atoms with Gasteiger partial charge in [-0.3, -0.25) is 4.79 Å². The average Bonchev–Trinajstić information content (AvgIpc) is 2.71. The molecule has 1 saturated heterocycles. The highest BCUT2D eigenvalue weighted by Gasteiger charge is 2.23. The van der Waals surface area contributed by atoms with E-state index in [1.807, 2.05) is 0 Å². The number of aliphatic hydroxyl groups is 1. The Labute approximate surface area is 108 Å². The minimum atomic E-state index is -0.324. The molecule has 0 unspecified atom stereocenters. The quantitative estimate of drug-likeness (QED) is 0.885. The third kappa shape index (κ3) is 3.33. The van der Waals surface area contributed by atoms with Gasteiger partial charge in [-0.25, -0.2) is 0 Å². The SMILES string of the molecule is Cc1cc(C)cc(CCC(=O)N2CC[C@H](O)C2)c1. The van der Waals surface area contributed by atoms with Crippen LogP contribution in [0.3, 0.4) is 0 Å². The van der Waals surface area contributed by atoms with Crippen LogP contribution in [-0.4, -0.2) is 35.1 Å². The highest BCUT2D eigenvalue weighted by atomic mass is 16.3. The van der Waals surface area contributed by atoms with E-state index >= 15 is 0 Å². The number of likely N-dealkylation sites (tertiary alicyclic amines) is 1. The van der Waals surface area contributed by atoms with Gasteiger partial charge in [0.1, 0.15) is 0 Å². The number of carbonyl (C=O) groups excluding carboxylic acids is 1. The molecule has 3 heteroatoms. The van der Waals surface area contributed by atoms with Gasteiger partial charge in [0.15, 0.2) is 0 Å². The second-order valence-electron chi connectivity index (χ2n) is 5.28. The summed E-state index contributed by atoms with van der Waals surface area (Å²) >= 11 is 0. The van der Waals surface area contributed by atoms with Crippen LogP contribution in [0.5, 0.6) is 0 Å². The molecule has 0 bridgehead atoms. The summed E-state index contributed by atoms with van der Waals surface area (Å²) < 4.78 is 0. The number of rotatable bonds is 3. The van der Waals surface area contributed by atoms with E-state index in [4.69, 9.17) is 0 Å². The summed E-state index contributed by atoms with van der Waals surface area (Å²) in [7, 11) is 0. The topological polar surface area (TPSA) is 40.5 Å². The van der Waals surface area contributed by atoms with E-state index in [-0.39, 0.29) is 12.0 Å². The van der Waals surface area contributed by atoms with Crippen molar-refractivity contribution in [1.82, 2.24) is 4.90 Å². The standard InChI is InChI=1S/C15H21NO2/c1-11-7-12(2)9-13(8-11)3-4-15(18)16-6-5-14(17)10-16/h7-9,14,17H,3-6,10H2,1-2H3/t14-/m0/s1. The lowest BCUT2D eigenvalue weighted by Gasteiger charge is -2.15. The van der Waals surface area contributed by atoms with Crippen molar-refractivity contribution in [3.63, 3.8) is 0 Å². The fourth-order valence-electron chi connectivity index (χ4n) is 2.59. The van der Waals surface area contributed by atoms with Crippen molar-refractivity contribution in [1.29, 1.82) is 0 Å². The van der Waals surface area contributed by atoms with E-state index in [1.54, 1.807) is 4.90 Å². The molecule has 1 heterocycles. The summed E-state index contributed by atoms with van der Waals surface area (Å²) in [5.74, 6) is 0.158. The van der Waals surface area contributed by atoms with Crippen LogP contribution in [0.15, 0.2) is 18.2 Å². The summed E-state index contributed by atoms with van der Waals surface area (Å²) in [5, 5.41) is 9.41. The first-order chi connectivity index (χ1) is 8.54. The number of benzene rings is 1. The molecule has 1 aromatic carbocycles. The Kier molecular flexibility index (Phi) is 4.02. The molecule has 0 radical (unpaired) electrons. The van der Waals surface area contributed by atoms with Gasteiger partial charge in [0, 0.05) is 19.5 Å². The van der Waals surface area contributed by atoms with Crippen LogP contribution in [0.1, 0.15) is 29.5 Å². The summed E-state index contributed by atoms with van der Waals surface area (Å²) in [6.07, 6.45) is 1.72. The van der Waals surface area contributed by atoms with Gasteiger partial charge in [-0.1, -0.05) is 29.3 Å². The Morgan fingerprint density at radius 2 is 2.00 bits per heavy atom. The Morgan fingerprint density at radius 3 is 2.56 bits per heavy atom. The molecule has 1 aliphatic rings. The first kappa shape index (κ1) is 13.1. The maximum Gasteiger partial charge on any atom is 0.222 e. The largest absolute Gasteiger partial charge is 0.391 e. The smallest absolute Gasteiger partial charge is 0.222 e. The third-order valence-electron chi connectivity index (χ3n) is 3.43. The second-order valence-corrected chi connectivity index (χ2v) is 5.28. The molecular formula is C15H21NO2. The van der Waals surface area contributed by atoms with Crippen LogP contribution in [0.2, 0.25) is 0 Å². The van der Waals surface area contributed by atoms with E-state index in [1.165, 1.54) is 16.7 Å². The molecule has 3 nitrogen and oxygen atoms in total. The Bertz CT molecular complexity index is 422. The minimum absolute atomic E-state index is 0.158. The van der Waals surface area contributed by atoms with Crippen LogP contribution in [0, 0.1) is 13.8 Å².